The number of nitrogens with one attached hydrogen (secondary N) is 2. The summed E-state index contributed by atoms with van der Waals surface area (Å²) in [7, 11) is -3.82. The van der Waals surface area contributed by atoms with E-state index < -0.39 is 10.2 Å². The second kappa shape index (κ2) is 7.33. The molecule has 1 spiro atoms. The molecule has 9 nitrogen and oxygen atoms in total. The van der Waals surface area contributed by atoms with Crippen molar-refractivity contribution >= 4 is 38.8 Å². The Morgan fingerprint density at radius 2 is 1.97 bits per heavy atom. The lowest BCUT2D eigenvalue weighted by Crippen LogP contribution is -2.55. The molecule has 31 heavy (non-hydrogen) atoms. The Morgan fingerprint density at radius 3 is 2.71 bits per heavy atom. The van der Waals surface area contributed by atoms with Crippen LogP contribution in [0.1, 0.15) is 53.8 Å². The minimum atomic E-state index is -3.82. The molecule has 0 saturated heterocycles. The van der Waals surface area contributed by atoms with Gasteiger partial charge in [0.1, 0.15) is 11.3 Å². The number of benzene rings is 1. The van der Waals surface area contributed by atoms with Crippen molar-refractivity contribution in [2.45, 2.75) is 44.2 Å². The first-order valence-corrected chi connectivity index (χ1v) is 11.8. The molecule has 11 heteroatoms. The predicted octanol–water partition coefficient (Wildman–Crippen LogP) is 2.82. The van der Waals surface area contributed by atoms with Crippen LogP contribution < -0.4 is 15.2 Å². The van der Waals surface area contributed by atoms with Crippen LogP contribution in [0.3, 0.4) is 0 Å². The van der Waals surface area contributed by atoms with Crippen LogP contribution in [0.15, 0.2) is 39.2 Å². The number of nitrogens with two attached hydrogens (primary N) is 1. The van der Waals surface area contributed by atoms with Crippen molar-refractivity contribution in [2.75, 3.05) is 0 Å². The Balaban J connectivity index is 1.11. The molecule has 0 unspecified atom stereocenters. The lowest BCUT2D eigenvalue weighted by molar-refractivity contribution is -0.0256. The van der Waals surface area contributed by atoms with Crippen LogP contribution in [0.25, 0.3) is 11.1 Å². The predicted molar refractivity (Wildman–Crippen MR) is 113 cm³/mol. The van der Waals surface area contributed by atoms with Crippen LogP contribution in [0.5, 0.6) is 0 Å². The van der Waals surface area contributed by atoms with E-state index in [1.807, 2.05) is 6.07 Å². The number of fused-ring (bicyclic) bond motifs is 1. The van der Waals surface area contributed by atoms with Gasteiger partial charge >= 0.3 is 0 Å². The number of amides is 1. The summed E-state index contributed by atoms with van der Waals surface area (Å²) in [6.07, 6.45) is 3.79. The van der Waals surface area contributed by atoms with Crippen molar-refractivity contribution in [1.82, 2.24) is 15.0 Å². The van der Waals surface area contributed by atoms with E-state index in [0.717, 1.165) is 42.7 Å². The Kier molecular flexibility index (Phi) is 4.85. The van der Waals surface area contributed by atoms with Gasteiger partial charge in [-0.25, -0.2) is 10.1 Å². The topological polar surface area (TPSA) is 140 Å². The Morgan fingerprint density at radius 1 is 1.19 bits per heavy atom. The maximum Gasteiger partial charge on any atom is 0.287 e. The SMILES string of the molecule is NS(=O)(=O)NCc1ccc(C(=O)NC2CC3(C2)CC(c2nc4cc(Cl)ccc4o2)C3)o1. The molecule has 0 aliphatic heterocycles. The molecule has 2 fully saturated rings. The number of oxazole rings is 1. The van der Waals surface area contributed by atoms with Gasteiger partial charge < -0.3 is 14.2 Å². The van der Waals surface area contributed by atoms with Gasteiger partial charge in [-0.3, -0.25) is 4.79 Å². The first kappa shape index (κ1) is 20.5. The number of halogens is 1. The number of carbonyl (C=O) groups excluding carboxylic acids is 1. The minimum Gasteiger partial charge on any atom is -0.455 e. The van der Waals surface area contributed by atoms with Crippen LogP contribution in [0.2, 0.25) is 5.02 Å². The number of carbonyl (C=O) groups is 1. The summed E-state index contributed by atoms with van der Waals surface area (Å²) in [5, 5.41) is 8.50. The van der Waals surface area contributed by atoms with Crippen molar-refractivity contribution in [3.8, 4) is 0 Å². The van der Waals surface area contributed by atoms with Crippen LogP contribution in [0, 0.1) is 5.41 Å². The molecule has 1 aromatic carbocycles. The van der Waals surface area contributed by atoms with E-state index in [-0.39, 0.29) is 29.7 Å². The fourth-order valence-corrected chi connectivity index (χ4v) is 5.21. The van der Waals surface area contributed by atoms with Crippen molar-refractivity contribution in [1.29, 1.82) is 0 Å². The van der Waals surface area contributed by atoms with Gasteiger partial charge in [0.05, 0.1) is 6.54 Å². The molecule has 2 aliphatic carbocycles. The molecular weight excluding hydrogens is 444 g/mol. The highest BCUT2D eigenvalue weighted by molar-refractivity contribution is 7.87. The molecule has 0 atom stereocenters. The molecule has 2 heterocycles. The molecular formula is C20H21ClN4O5S. The fraction of sp³-hybridized carbons (Fsp3) is 0.400. The molecule has 164 valence electrons. The number of furan rings is 1. The average Bonchev–Trinajstić information content (AvgIpc) is 3.26. The summed E-state index contributed by atoms with van der Waals surface area (Å²) in [4.78, 5) is 17.0. The molecule has 4 N–H and O–H groups in total. The third kappa shape index (κ3) is 4.20. The maximum atomic E-state index is 12.4. The molecule has 3 aromatic rings. The molecule has 5 rings (SSSR count). The lowest BCUT2D eigenvalue weighted by atomic mass is 9.50. The van der Waals surface area contributed by atoms with Gasteiger partial charge in [0.25, 0.3) is 16.1 Å². The first-order valence-electron chi connectivity index (χ1n) is 9.91. The second-order valence-corrected chi connectivity index (χ2v) is 10.3. The Hall–Kier alpha value is -2.40. The van der Waals surface area contributed by atoms with E-state index >= 15 is 0 Å². The first-order chi connectivity index (χ1) is 14.7. The number of aromatic nitrogens is 1. The van der Waals surface area contributed by atoms with Crippen molar-refractivity contribution in [3.63, 3.8) is 0 Å². The van der Waals surface area contributed by atoms with Crippen LogP contribution >= 0.6 is 11.6 Å². The zero-order chi connectivity index (χ0) is 21.8. The third-order valence-corrected chi connectivity index (χ3v) is 6.88. The zero-order valence-corrected chi connectivity index (χ0v) is 18.0. The van der Waals surface area contributed by atoms with Crippen LogP contribution in [-0.4, -0.2) is 25.4 Å². The van der Waals surface area contributed by atoms with E-state index in [2.05, 4.69) is 15.0 Å². The molecule has 1 amide bonds. The van der Waals surface area contributed by atoms with E-state index in [4.69, 9.17) is 25.6 Å². The van der Waals surface area contributed by atoms with E-state index in [9.17, 15) is 13.2 Å². The van der Waals surface area contributed by atoms with Crippen LogP contribution in [-0.2, 0) is 16.8 Å². The zero-order valence-electron chi connectivity index (χ0n) is 16.4. The van der Waals surface area contributed by atoms with E-state index in [1.165, 1.54) is 6.07 Å². The number of rotatable bonds is 6. The molecule has 2 saturated carbocycles. The Bertz CT molecular complexity index is 1250. The fourth-order valence-electron chi connectivity index (χ4n) is 4.70. The summed E-state index contributed by atoms with van der Waals surface area (Å²) in [6.45, 7) is -0.109. The highest BCUT2D eigenvalue weighted by atomic mass is 35.5. The number of hydrogen-bond acceptors (Lipinski definition) is 6. The Labute approximate surface area is 183 Å². The van der Waals surface area contributed by atoms with Crippen molar-refractivity contribution < 1.29 is 22.0 Å². The van der Waals surface area contributed by atoms with E-state index in [1.54, 1.807) is 18.2 Å². The monoisotopic (exact) mass is 464 g/mol. The van der Waals surface area contributed by atoms with Gasteiger partial charge in [0.2, 0.25) is 0 Å². The lowest BCUT2D eigenvalue weighted by Gasteiger charge is -2.57. The standard InChI is InChI=1S/C20H21ClN4O5S/c21-12-1-3-16-15(5-12)25-19(30-16)11-6-20(7-11)8-13(9-20)24-18(26)17-4-2-14(29-17)10-23-31(22,27)28/h1-5,11,13,23H,6-10H2,(H,24,26)(H2,22,27,28). The van der Waals surface area contributed by atoms with Crippen molar-refractivity contribution in [2.24, 2.45) is 10.6 Å². The second-order valence-electron chi connectivity index (χ2n) is 8.48. The number of nitrogens with zero attached hydrogens (tertiary/aromatic N) is 1. The quantitative estimate of drug-likeness (QED) is 0.512. The largest absolute Gasteiger partial charge is 0.455 e. The smallest absolute Gasteiger partial charge is 0.287 e. The van der Waals surface area contributed by atoms with E-state index in [0.29, 0.717) is 16.7 Å². The summed E-state index contributed by atoms with van der Waals surface area (Å²) in [5.41, 5.74) is 1.75. The van der Waals surface area contributed by atoms with Gasteiger partial charge in [-0.05, 0) is 61.4 Å². The summed E-state index contributed by atoms with van der Waals surface area (Å²) < 4.78 is 35.3. The summed E-state index contributed by atoms with van der Waals surface area (Å²) >= 11 is 6.01. The minimum absolute atomic E-state index is 0.0898. The molecule has 0 radical (unpaired) electrons. The van der Waals surface area contributed by atoms with Gasteiger partial charge in [0, 0.05) is 17.0 Å². The van der Waals surface area contributed by atoms with Gasteiger partial charge in [-0.15, -0.1) is 0 Å². The highest BCUT2D eigenvalue weighted by Crippen LogP contribution is 2.61. The molecule has 2 aromatic heterocycles. The maximum absolute atomic E-state index is 12.4. The van der Waals surface area contributed by atoms with Gasteiger partial charge in [-0.2, -0.15) is 13.1 Å². The molecule has 2 aliphatic rings. The molecule has 0 bridgehead atoms. The number of hydrogen-bond donors (Lipinski definition) is 3. The summed E-state index contributed by atoms with van der Waals surface area (Å²) in [5.74, 6) is 1.19. The normalized spacial score (nSPS) is 25.4. The average molecular weight is 465 g/mol. The third-order valence-electron chi connectivity index (χ3n) is 6.10. The summed E-state index contributed by atoms with van der Waals surface area (Å²) in [6, 6.07) is 8.58. The highest BCUT2D eigenvalue weighted by Gasteiger charge is 2.54. The van der Waals surface area contributed by atoms with Gasteiger partial charge in [0.15, 0.2) is 17.2 Å². The van der Waals surface area contributed by atoms with Crippen LogP contribution in [0.4, 0.5) is 0 Å². The van der Waals surface area contributed by atoms with Crippen molar-refractivity contribution in [3.05, 3.63) is 52.8 Å². The van der Waals surface area contributed by atoms with Gasteiger partial charge in [-0.1, -0.05) is 11.6 Å².